The van der Waals surface area contributed by atoms with Gasteiger partial charge >= 0.3 is 6.09 Å². The van der Waals surface area contributed by atoms with Gasteiger partial charge in [0, 0.05) is 31.1 Å². The standard InChI is InChI=1S/C27H33FN2O4/c28-24-9-7-22(8-10-24)26(31)23-12-14-29(15-13-23)20-25(11-6-21-4-2-1-3-5-21)34-27(32)30-16-18-33-19-17-30/h1-5,7-10,23,25H,6,11-20H2. The van der Waals surface area contributed by atoms with Crippen LogP contribution in [0, 0.1) is 11.7 Å². The molecule has 182 valence electrons. The number of aryl methyl sites for hydroxylation is 1. The van der Waals surface area contributed by atoms with Crippen LogP contribution in [-0.2, 0) is 15.9 Å². The Morgan fingerprint density at radius 2 is 1.65 bits per heavy atom. The summed E-state index contributed by atoms with van der Waals surface area (Å²) in [5.41, 5.74) is 1.79. The van der Waals surface area contributed by atoms with Crippen molar-refractivity contribution in [2.24, 2.45) is 5.92 Å². The molecular formula is C27H33FN2O4. The number of hydrogen-bond acceptors (Lipinski definition) is 5. The van der Waals surface area contributed by atoms with Gasteiger partial charge in [-0.1, -0.05) is 30.3 Å². The van der Waals surface area contributed by atoms with Crippen LogP contribution in [0.15, 0.2) is 54.6 Å². The van der Waals surface area contributed by atoms with Gasteiger partial charge in [0.1, 0.15) is 11.9 Å². The molecule has 2 aromatic carbocycles. The maximum atomic E-state index is 13.2. The van der Waals surface area contributed by atoms with Crippen molar-refractivity contribution < 1.29 is 23.5 Å². The number of rotatable bonds is 8. The summed E-state index contributed by atoms with van der Waals surface area (Å²) in [6.07, 6.45) is 2.58. The van der Waals surface area contributed by atoms with Crippen molar-refractivity contribution in [2.45, 2.75) is 31.8 Å². The zero-order valence-corrected chi connectivity index (χ0v) is 19.5. The van der Waals surface area contributed by atoms with Gasteiger partial charge in [0.25, 0.3) is 0 Å². The van der Waals surface area contributed by atoms with E-state index in [1.807, 2.05) is 18.2 Å². The molecule has 34 heavy (non-hydrogen) atoms. The fraction of sp³-hybridized carbons (Fsp3) is 0.481. The van der Waals surface area contributed by atoms with Crippen molar-refractivity contribution in [3.8, 4) is 0 Å². The van der Waals surface area contributed by atoms with E-state index in [1.54, 1.807) is 17.0 Å². The van der Waals surface area contributed by atoms with Crippen molar-refractivity contribution in [3.05, 3.63) is 71.5 Å². The minimum Gasteiger partial charge on any atom is -0.445 e. The Labute approximate surface area is 200 Å². The van der Waals surface area contributed by atoms with Crippen molar-refractivity contribution in [1.29, 1.82) is 0 Å². The molecule has 0 aliphatic carbocycles. The van der Waals surface area contributed by atoms with Gasteiger partial charge in [-0.2, -0.15) is 0 Å². The lowest BCUT2D eigenvalue weighted by atomic mass is 9.88. The Hall–Kier alpha value is -2.77. The number of morpholine rings is 1. The van der Waals surface area contributed by atoms with Gasteiger partial charge in [-0.25, -0.2) is 9.18 Å². The van der Waals surface area contributed by atoms with E-state index in [2.05, 4.69) is 17.0 Å². The molecule has 0 bridgehead atoms. The van der Waals surface area contributed by atoms with Crippen molar-refractivity contribution in [1.82, 2.24) is 9.80 Å². The Morgan fingerprint density at radius 3 is 2.32 bits per heavy atom. The predicted molar refractivity (Wildman–Crippen MR) is 127 cm³/mol. The number of nitrogens with zero attached hydrogens (tertiary/aromatic N) is 2. The first-order valence-electron chi connectivity index (χ1n) is 12.2. The minimum atomic E-state index is -0.334. The van der Waals surface area contributed by atoms with Gasteiger partial charge in [-0.15, -0.1) is 0 Å². The van der Waals surface area contributed by atoms with E-state index >= 15 is 0 Å². The van der Waals surface area contributed by atoms with Gasteiger partial charge in [0.2, 0.25) is 0 Å². The molecule has 0 radical (unpaired) electrons. The normalized spacial score (nSPS) is 18.4. The number of benzene rings is 2. The van der Waals surface area contributed by atoms with Crippen molar-refractivity contribution >= 4 is 11.9 Å². The molecule has 0 aromatic heterocycles. The number of piperidine rings is 1. The smallest absolute Gasteiger partial charge is 0.410 e. The fourth-order valence-electron chi connectivity index (χ4n) is 4.64. The molecule has 2 fully saturated rings. The van der Waals surface area contributed by atoms with Gasteiger partial charge in [-0.05, 0) is 68.6 Å². The number of halogens is 1. The summed E-state index contributed by atoms with van der Waals surface area (Å²) in [5.74, 6) is -0.307. The molecule has 1 unspecified atom stereocenters. The topological polar surface area (TPSA) is 59.1 Å². The minimum absolute atomic E-state index is 0.0552. The Kier molecular flexibility index (Phi) is 8.66. The largest absolute Gasteiger partial charge is 0.445 e. The lowest BCUT2D eigenvalue weighted by molar-refractivity contribution is 0.00120. The average Bonchev–Trinajstić information content (AvgIpc) is 2.89. The first-order valence-corrected chi connectivity index (χ1v) is 12.2. The summed E-state index contributed by atoms with van der Waals surface area (Å²) in [7, 11) is 0. The third-order valence-corrected chi connectivity index (χ3v) is 6.68. The van der Waals surface area contributed by atoms with E-state index < -0.39 is 0 Å². The molecule has 4 rings (SSSR count). The summed E-state index contributed by atoms with van der Waals surface area (Å²) in [5, 5.41) is 0. The number of carbonyl (C=O) groups is 2. The van der Waals surface area contributed by atoms with Crippen LogP contribution in [0.3, 0.4) is 0 Å². The van der Waals surface area contributed by atoms with Gasteiger partial charge in [-0.3, -0.25) is 9.69 Å². The van der Waals surface area contributed by atoms with E-state index in [9.17, 15) is 14.0 Å². The Balaban J connectivity index is 1.32. The van der Waals surface area contributed by atoms with Crippen LogP contribution in [0.4, 0.5) is 9.18 Å². The van der Waals surface area contributed by atoms with E-state index in [0.29, 0.717) is 38.4 Å². The molecule has 2 aliphatic rings. The van der Waals surface area contributed by atoms with Crippen LogP contribution < -0.4 is 0 Å². The van der Waals surface area contributed by atoms with Crippen LogP contribution >= 0.6 is 0 Å². The van der Waals surface area contributed by atoms with Gasteiger partial charge in [0.05, 0.1) is 13.2 Å². The van der Waals surface area contributed by atoms with Gasteiger partial charge in [0.15, 0.2) is 5.78 Å². The SMILES string of the molecule is O=C(c1ccc(F)cc1)C1CCN(CC(CCc2ccccc2)OC(=O)N2CCOCC2)CC1. The number of hydrogen-bond donors (Lipinski definition) is 0. The molecular weight excluding hydrogens is 435 g/mol. The summed E-state index contributed by atoms with van der Waals surface area (Å²) in [6, 6.07) is 16.0. The molecule has 0 N–H and O–H groups in total. The molecule has 1 atom stereocenters. The van der Waals surface area contributed by atoms with E-state index in [4.69, 9.17) is 9.47 Å². The second-order valence-corrected chi connectivity index (χ2v) is 9.08. The Bertz CT molecular complexity index is 923. The highest BCUT2D eigenvalue weighted by molar-refractivity contribution is 5.97. The lowest BCUT2D eigenvalue weighted by Gasteiger charge is -2.34. The predicted octanol–water partition coefficient (Wildman–Crippen LogP) is 4.19. The highest BCUT2D eigenvalue weighted by Gasteiger charge is 2.29. The first-order chi connectivity index (χ1) is 16.6. The summed E-state index contributed by atoms with van der Waals surface area (Å²) in [4.78, 5) is 29.5. The molecule has 0 spiro atoms. The number of ether oxygens (including phenoxy) is 2. The fourth-order valence-corrected chi connectivity index (χ4v) is 4.64. The van der Waals surface area contributed by atoms with Gasteiger partial charge < -0.3 is 14.4 Å². The van der Waals surface area contributed by atoms with E-state index in [-0.39, 0.29) is 29.7 Å². The molecule has 1 amide bonds. The van der Waals surface area contributed by atoms with Crippen molar-refractivity contribution in [3.63, 3.8) is 0 Å². The highest BCUT2D eigenvalue weighted by atomic mass is 19.1. The highest BCUT2D eigenvalue weighted by Crippen LogP contribution is 2.23. The van der Waals surface area contributed by atoms with E-state index in [1.165, 1.54) is 17.7 Å². The number of ketones is 1. The van der Waals surface area contributed by atoms with Crippen molar-refractivity contribution in [2.75, 3.05) is 45.9 Å². The Morgan fingerprint density at radius 1 is 0.971 bits per heavy atom. The maximum Gasteiger partial charge on any atom is 0.410 e. The molecule has 0 saturated carbocycles. The molecule has 7 heteroatoms. The monoisotopic (exact) mass is 468 g/mol. The molecule has 2 saturated heterocycles. The van der Waals surface area contributed by atoms with Crippen LogP contribution in [0.1, 0.15) is 35.2 Å². The average molecular weight is 469 g/mol. The van der Waals surface area contributed by atoms with E-state index in [0.717, 1.165) is 38.8 Å². The zero-order chi connectivity index (χ0) is 23.8. The molecule has 6 nitrogen and oxygen atoms in total. The maximum absolute atomic E-state index is 13.2. The number of carbonyl (C=O) groups excluding carboxylic acids is 2. The molecule has 2 aliphatic heterocycles. The number of amides is 1. The van der Waals surface area contributed by atoms with Crippen LogP contribution in [0.25, 0.3) is 0 Å². The second-order valence-electron chi connectivity index (χ2n) is 9.08. The summed E-state index contributed by atoms with van der Waals surface area (Å²) >= 11 is 0. The second kappa shape index (κ2) is 12.1. The first kappa shape index (κ1) is 24.4. The molecule has 2 aromatic rings. The lowest BCUT2D eigenvalue weighted by Crippen LogP contribution is -2.45. The van der Waals surface area contributed by atoms with Crippen LogP contribution in [0.2, 0.25) is 0 Å². The van der Waals surface area contributed by atoms with Crippen LogP contribution in [-0.4, -0.2) is 73.7 Å². The number of Topliss-reactive ketones (excluding diaryl/α,β-unsaturated/α-hetero) is 1. The number of likely N-dealkylation sites (tertiary alicyclic amines) is 1. The summed E-state index contributed by atoms with van der Waals surface area (Å²) in [6.45, 7) is 4.39. The third-order valence-electron chi connectivity index (χ3n) is 6.68. The van der Waals surface area contributed by atoms with Crippen LogP contribution in [0.5, 0.6) is 0 Å². The quantitative estimate of drug-likeness (QED) is 0.544. The molecule has 2 heterocycles. The zero-order valence-electron chi connectivity index (χ0n) is 19.5. The third kappa shape index (κ3) is 6.87. The summed E-state index contributed by atoms with van der Waals surface area (Å²) < 4.78 is 24.5.